The highest BCUT2D eigenvalue weighted by Gasteiger charge is 2.20. The van der Waals surface area contributed by atoms with Gasteiger partial charge in [0.15, 0.2) is 11.5 Å². The number of benzene rings is 1. The third kappa shape index (κ3) is 2.28. The zero-order valence-corrected chi connectivity index (χ0v) is 12.6. The van der Waals surface area contributed by atoms with Crippen molar-refractivity contribution in [1.82, 2.24) is 9.55 Å². The summed E-state index contributed by atoms with van der Waals surface area (Å²) in [5, 5.41) is 0. The zero-order chi connectivity index (χ0) is 14.1. The molecule has 2 N–H and O–H groups in total. The van der Waals surface area contributed by atoms with E-state index in [1.807, 2.05) is 23.9 Å². The Morgan fingerprint density at radius 2 is 2.10 bits per heavy atom. The number of aromatic nitrogens is 2. The highest BCUT2D eigenvalue weighted by atomic mass is 32.2. The number of nitrogens with two attached hydrogens (primary N) is 1. The van der Waals surface area contributed by atoms with Gasteiger partial charge in [-0.1, -0.05) is 0 Å². The Labute approximate surface area is 122 Å². The minimum Gasteiger partial charge on any atom is -0.493 e. The topological polar surface area (TPSA) is 62.3 Å². The molecule has 1 fully saturated rings. The summed E-state index contributed by atoms with van der Waals surface area (Å²) in [6, 6.07) is 3.84. The van der Waals surface area contributed by atoms with Crippen LogP contribution in [-0.2, 0) is 6.54 Å². The van der Waals surface area contributed by atoms with E-state index in [-0.39, 0.29) is 0 Å². The molecule has 0 radical (unpaired) electrons. The average molecular weight is 293 g/mol. The van der Waals surface area contributed by atoms with Crippen molar-refractivity contribution in [2.45, 2.75) is 13.0 Å². The maximum atomic E-state index is 6.08. The molecule has 1 aromatic heterocycles. The first-order chi connectivity index (χ1) is 9.72. The molecule has 1 aliphatic heterocycles. The third-order valence-electron chi connectivity index (χ3n) is 3.75. The van der Waals surface area contributed by atoms with Gasteiger partial charge in [0.05, 0.1) is 25.3 Å². The highest BCUT2D eigenvalue weighted by Crippen LogP contribution is 2.34. The minimum atomic E-state index is 0.562. The molecule has 0 spiro atoms. The van der Waals surface area contributed by atoms with Crippen molar-refractivity contribution < 1.29 is 9.47 Å². The van der Waals surface area contributed by atoms with E-state index >= 15 is 0 Å². The Hall–Kier alpha value is -1.56. The van der Waals surface area contributed by atoms with Gasteiger partial charge in [-0.3, -0.25) is 0 Å². The molecule has 2 aromatic rings. The van der Waals surface area contributed by atoms with Crippen molar-refractivity contribution in [3.05, 3.63) is 12.1 Å². The highest BCUT2D eigenvalue weighted by molar-refractivity contribution is 7.99. The van der Waals surface area contributed by atoms with Crippen LogP contribution in [0.15, 0.2) is 12.1 Å². The second kappa shape index (κ2) is 5.44. The van der Waals surface area contributed by atoms with Gasteiger partial charge in [-0.25, -0.2) is 4.98 Å². The summed E-state index contributed by atoms with van der Waals surface area (Å²) < 4.78 is 12.8. The summed E-state index contributed by atoms with van der Waals surface area (Å²) in [4.78, 5) is 4.44. The van der Waals surface area contributed by atoms with E-state index in [9.17, 15) is 0 Å². The lowest BCUT2D eigenvalue weighted by Crippen LogP contribution is -2.12. The number of fused-ring (bicyclic) bond motifs is 1. The molecule has 3 rings (SSSR count). The number of thioether (sulfide) groups is 1. The van der Waals surface area contributed by atoms with Crippen LogP contribution in [0.25, 0.3) is 11.0 Å². The second-order valence-electron chi connectivity index (χ2n) is 5.01. The van der Waals surface area contributed by atoms with Crippen molar-refractivity contribution in [2.75, 3.05) is 31.5 Å². The number of rotatable bonds is 4. The molecule has 20 heavy (non-hydrogen) atoms. The fourth-order valence-corrected chi connectivity index (χ4v) is 3.92. The average Bonchev–Trinajstić information content (AvgIpc) is 3.06. The zero-order valence-electron chi connectivity index (χ0n) is 11.8. The molecule has 1 aliphatic rings. The van der Waals surface area contributed by atoms with E-state index in [0.717, 1.165) is 17.6 Å². The predicted octanol–water partition coefficient (Wildman–Crippen LogP) is 2.39. The van der Waals surface area contributed by atoms with E-state index in [4.69, 9.17) is 15.2 Å². The summed E-state index contributed by atoms with van der Waals surface area (Å²) in [6.45, 7) is 0.921. The molecule has 1 saturated heterocycles. The van der Waals surface area contributed by atoms with Crippen LogP contribution in [0.4, 0.5) is 5.95 Å². The van der Waals surface area contributed by atoms with Crippen molar-refractivity contribution >= 4 is 28.7 Å². The van der Waals surface area contributed by atoms with Gasteiger partial charge in [-0.2, -0.15) is 11.8 Å². The number of hydrogen-bond donors (Lipinski definition) is 1. The van der Waals surface area contributed by atoms with Crippen molar-refractivity contribution in [3.63, 3.8) is 0 Å². The van der Waals surface area contributed by atoms with Gasteiger partial charge < -0.3 is 19.8 Å². The van der Waals surface area contributed by atoms with Gasteiger partial charge in [-0.05, 0) is 23.8 Å². The Morgan fingerprint density at radius 3 is 2.75 bits per heavy atom. The van der Waals surface area contributed by atoms with E-state index in [0.29, 0.717) is 23.4 Å². The maximum Gasteiger partial charge on any atom is 0.201 e. The Balaban J connectivity index is 2.04. The van der Waals surface area contributed by atoms with Crippen LogP contribution in [0.2, 0.25) is 0 Å². The lowest BCUT2D eigenvalue weighted by Gasteiger charge is -2.13. The van der Waals surface area contributed by atoms with Crippen LogP contribution in [0.5, 0.6) is 11.5 Å². The number of hydrogen-bond acceptors (Lipinski definition) is 5. The molecular formula is C14H19N3O2S. The first-order valence-corrected chi connectivity index (χ1v) is 7.84. The van der Waals surface area contributed by atoms with Crippen LogP contribution in [-0.4, -0.2) is 35.3 Å². The summed E-state index contributed by atoms with van der Waals surface area (Å²) in [5.74, 6) is 5.07. The van der Waals surface area contributed by atoms with E-state index in [1.54, 1.807) is 14.2 Å². The number of anilines is 1. The van der Waals surface area contributed by atoms with Crippen molar-refractivity contribution in [2.24, 2.45) is 5.92 Å². The van der Waals surface area contributed by atoms with Crippen LogP contribution in [0.1, 0.15) is 6.42 Å². The number of nitrogens with zero attached hydrogens (tertiary/aromatic N) is 2. The molecule has 2 heterocycles. The molecule has 6 heteroatoms. The fourth-order valence-electron chi connectivity index (χ4n) is 2.65. The Morgan fingerprint density at radius 1 is 1.35 bits per heavy atom. The molecular weight excluding hydrogens is 274 g/mol. The SMILES string of the molecule is COc1cc2nc(N)n(CC3CCSC3)c2cc1OC. The van der Waals surface area contributed by atoms with E-state index in [1.165, 1.54) is 17.9 Å². The van der Waals surface area contributed by atoms with Gasteiger partial charge in [0.1, 0.15) is 0 Å². The van der Waals surface area contributed by atoms with Gasteiger partial charge in [-0.15, -0.1) is 0 Å². The van der Waals surface area contributed by atoms with Gasteiger partial charge in [0.2, 0.25) is 5.95 Å². The van der Waals surface area contributed by atoms with E-state index < -0.39 is 0 Å². The van der Waals surface area contributed by atoms with Crippen molar-refractivity contribution in [1.29, 1.82) is 0 Å². The monoisotopic (exact) mass is 293 g/mol. The summed E-state index contributed by atoms with van der Waals surface area (Å²) >= 11 is 2.01. The fraction of sp³-hybridized carbons (Fsp3) is 0.500. The molecule has 1 unspecified atom stereocenters. The Bertz CT molecular complexity index is 620. The van der Waals surface area contributed by atoms with Crippen LogP contribution in [0, 0.1) is 5.92 Å². The quantitative estimate of drug-likeness (QED) is 0.938. The molecule has 0 saturated carbocycles. The van der Waals surface area contributed by atoms with E-state index in [2.05, 4.69) is 9.55 Å². The summed E-state index contributed by atoms with van der Waals surface area (Å²) in [6.07, 6.45) is 1.25. The molecule has 5 nitrogen and oxygen atoms in total. The van der Waals surface area contributed by atoms with Crippen LogP contribution in [0.3, 0.4) is 0 Å². The minimum absolute atomic E-state index is 0.562. The normalized spacial score (nSPS) is 18.6. The van der Waals surface area contributed by atoms with Crippen LogP contribution >= 0.6 is 11.8 Å². The lowest BCUT2D eigenvalue weighted by atomic mass is 10.1. The molecule has 0 amide bonds. The maximum absolute atomic E-state index is 6.08. The molecule has 108 valence electrons. The molecule has 0 aliphatic carbocycles. The number of nitrogen functional groups attached to an aromatic ring is 1. The summed E-state index contributed by atoms with van der Waals surface area (Å²) in [7, 11) is 3.27. The van der Waals surface area contributed by atoms with Gasteiger partial charge in [0, 0.05) is 18.7 Å². The third-order valence-corrected chi connectivity index (χ3v) is 4.98. The predicted molar refractivity (Wildman–Crippen MR) is 82.7 cm³/mol. The first kappa shape index (κ1) is 13.4. The van der Waals surface area contributed by atoms with Crippen LogP contribution < -0.4 is 15.2 Å². The summed E-state index contributed by atoms with van der Waals surface area (Å²) in [5.41, 5.74) is 7.94. The smallest absolute Gasteiger partial charge is 0.201 e. The molecule has 1 atom stereocenters. The molecule has 1 aromatic carbocycles. The van der Waals surface area contributed by atoms with Gasteiger partial charge >= 0.3 is 0 Å². The largest absolute Gasteiger partial charge is 0.493 e. The Kier molecular flexibility index (Phi) is 3.65. The molecule has 0 bridgehead atoms. The first-order valence-electron chi connectivity index (χ1n) is 6.68. The number of ether oxygens (including phenoxy) is 2. The van der Waals surface area contributed by atoms with Crippen molar-refractivity contribution in [3.8, 4) is 11.5 Å². The lowest BCUT2D eigenvalue weighted by molar-refractivity contribution is 0.355. The second-order valence-corrected chi connectivity index (χ2v) is 6.16. The van der Waals surface area contributed by atoms with Gasteiger partial charge in [0.25, 0.3) is 0 Å². The number of methoxy groups -OCH3 is 2. The standard InChI is InChI=1S/C14H19N3O2S/c1-18-12-5-10-11(6-13(12)19-2)17(14(15)16-10)7-9-3-4-20-8-9/h5-6,9H,3-4,7-8H2,1-2H3,(H2,15,16). The number of imidazole rings is 1.